The van der Waals surface area contributed by atoms with Crippen molar-refractivity contribution in [3.8, 4) is 0 Å². The van der Waals surface area contributed by atoms with Crippen LogP contribution >= 0.6 is 0 Å². The Labute approximate surface area is 57.6 Å². The molecule has 0 radical (unpaired) electrons. The molecule has 0 saturated heterocycles. The largest absolute Gasteiger partial charge is 0.279 e. The zero-order chi connectivity index (χ0) is 7.56. The molecule has 0 atom stereocenters. The maximum absolute atomic E-state index is 10.8. The van der Waals surface area contributed by atoms with Crippen molar-refractivity contribution in [1.29, 1.82) is 0 Å². The molecule has 0 aromatic carbocycles. The summed E-state index contributed by atoms with van der Waals surface area (Å²) in [7, 11) is 1.45. The van der Waals surface area contributed by atoms with E-state index in [-0.39, 0.29) is 11.1 Å². The average Bonchev–Trinajstić information content (AvgIpc) is 2.04. The first-order chi connectivity index (χ1) is 4.72. The van der Waals surface area contributed by atoms with Gasteiger partial charge in [0.15, 0.2) is 0 Å². The van der Waals surface area contributed by atoms with Crippen LogP contribution in [0.1, 0.15) is 0 Å². The SMILES string of the molecule is Cn1c(=O)ccccc1=O. The summed E-state index contributed by atoms with van der Waals surface area (Å²) in [4.78, 5) is 21.6. The molecular weight excluding hydrogens is 130 g/mol. The van der Waals surface area contributed by atoms with Crippen LogP contribution in [0.3, 0.4) is 0 Å². The van der Waals surface area contributed by atoms with E-state index < -0.39 is 0 Å². The van der Waals surface area contributed by atoms with Gasteiger partial charge in [0.2, 0.25) is 0 Å². The summed E-state index contributed by atoms with van der Waals surface area (Å²) in [5.41, 5.74) is -0.565. The fourth-order valence-electron chi connectivity index (χ4n) is 0.608. The van der Waals surface area contributed by atoms with Gasteiger partial charge in [-0.25, -0.2) is 0 Å². The predicted octanol–water partition coefficient (Wildman–Crippen LogP) is -0.254. The van der Waals surface area contributed by atoms with E-state index in [1.54, 1.807) is 12.1 Å². The second kappa shape index (κ2) is 2.47. The van der Waals surface area contributed by atoms with Crippen LogP contribution in [0.25, 0.3) is 0 Å². The number of hydrogen-bond donors (Lipinski definition) is 0. The smallest absolute Gasteiger partial charge is 0.253 e. The van der Waals surface area contributed by atoms with E-state index >= 15 is 0 Å². The molecule has 10 heavy (non-hydrogen) atoms. The Balaban J connectivity index is 3.70. The summed E-state index contributed by atoms with van der Waals surface area (Å²) in [5.74, 6) is 0. The number of aromatic nitrogens is 1. The highest BCUT2D eigenvalue weighted by Crippen LogP contribution is 1.67. The Morgan fingerprint density at radius 3 is 1.90 bits per heavy atom. The molecule has 1 aromatic heterocycles. The zero-order valence-electron chi connectivity index (χ0n) is 5.57. The summed E-state index contributed by atoms with van der Waals surface area (Å²) in [6.45, 7) is 0. The first-order valence-corrected chi connectivity index (χ1v) is 2.88. The minimum atomic E-state index is -0.282. The summed E-state index contributed by atoms with van der Waals surface area (Å²) in [5, 5.41) is 0. The van der Waals surface area contributed by atoms with Gasteiger partial charge in [0, 0.05) is 19.2 Å². The van der Waals surface area contributed by atoms with Gasteiger partial charge in [-0.1, -0.05) is 12.1 Å². The van der Waals surface area contributed by atoms with Gasteiger partial charge in [0.05, 0.1) is 0 Å². The van der Waals surface area contributed by atoms with Crippen LogP contribution in [0, 0.1) is 0 Å². The molecule has 1 heterocycles. The van der Waals surface area contributed by atoms with Gasteiger partial charge >= 0.3 is 0 Å². The highest BCUT2D eigenvalue weighted by atomic mass is 16.2. The normalized spacial score (nSPS) is 9.30. The van der Waals surface area contributed by atoms with E-state index in [1.165, 1.54) is 19.2 Å². The monoisotopic (exact) mass is 137 g/mol. The lowest BCUT2D eigenvalue weighted by atomic mass is 10.5. The molecule has 0 aliphatic heterocycles. The molecule has 0 spiro atoms. The Bertz CT molecular complexity index is 307. The molecular formula is C7H7NO2. The number of hydrogen-bond acceptors (Lipinski definition) is 2. The van der Waals surface area contributed by atoms with Crippen molar-refractivity contribution in [2.24, 2.45) is 7.05 Å². The molecule has 0 aliphatic carbocycles. The molecule has 0 N–H and O–H groups in total. The van der Waals surface area contributed by atoms with Crippen molar-refractivity contribution in [3.05, 3.63) is 45.0 Å². The highest BCUT2D eigenvalue weighted by molar-refractivity contribution is 4.94. The van der Waals surface area contributed by atoms with Crippen LogP contribution in [-0.4, -0.2) is 4.57 Å². The Kier molecular flexibility index (Phi) is 1.67. The van der Waals surface area contributed by atoms with E-state index in [2.05, 4.69) is 0 Å². The lowest BCUT2D eigenvalue weighted by Crippen LogP contribution is -2.25. The lowest BCUT2D eigenvalue weighted by molar-refractivity contribution is 0.831. The molecule has 0 aliphatic rings. The summed E-state index contributed by atoms with van der Waals surface area (Å²) < 4.78 is 1.06. The Hall–Kier alpha value is -1.38. The van der Waals surface area contributed by atoms with Gasteiger partial charge in [0.25, 0.3) is 11.1 Å². The van der Waals surface area contributed by atoms with Crippen LogP contribution in [0.2, 0.25) is 0 Å². The van der Waals surface area contributed by atoms with E-state index in [1.807, 2.05) is 0 Å². The van der Waals surface area contributed by atoms with Crippen molar-refractivity contribution in [1.82, 2.24) is 4.57 Å². The van der Waals surface area contributed by atoms with Gasteiger partial charge in [-0.05, 0) is 0 Å². The molecule has 1 aromatic rings. The first kappa shape index (κ1) is 6.74. The minimum absolute atomic E-state index is 0.282. The Morgan fingerprint density at radius 2 is 1.50 bits per heavy atom. The van der Waals surface area contributed by atoms with Crippen molar-refractivity contribution in [2.75, 3.05) is 0 Å². The standard InChI is InChI=1S/C7H7NO2/c1-8-6(9)4-2-3-5-7(8)10/h2-5H,1H3. The van der Waals surface area contributed by atoms with Crippen LogP contribution in [0.4, 0.5) is 0 Å². The van der Waals surface area contributed by atoms with Crippen molar-refractivity contribution in [3.63, 3.8) is 0 Å². The van der Waals surface area contributed by atoms with Crippen molar-refractivity contribution < 1.29 is 0 Å². The van der Waals surface area contributed by atoms with E-state index in [9.17, 15) is 9.59 Å². The van der Waals surface area contributed by atoms with Crippen LogP contribution in [0.15, 0.2) is 33.9 Å². The van der Waals surface area contributed by atoms with E-state index in [0.717, 1.165) is 4.57 Å². The number of nitrogens with zero attached hydrogens (tertiary/aromatic N) is 1. The van der Waals surface area contributed by atoms with Gasteiger partial charge in [0.1, 0.15) is 0 Å². The molecule has 1 rings (SSSR count). The zero-order valence-corrected chi connectivity index (χ0v) is 5.57. The summed E-state index contributed by atoms with van der Waals surface area (Å²) in [6.07, 6.45) is 0. The number of rotatable bonds is 0. The van der Waals surface area contributed by atoms with Crippen LogP contribution in [-0.2, 0) is 7.05 Å². The third-order valence-corrected chi connectivity index (χ3v) is 1.25. The lowest BCUT2D eigenvalue weighted by Gasteiger charge is -1.82. The average molecular weight is 137 g/mol. The summed E-state index contributed by atoms with van der Waals surface area (Å²) in [6, 6.07) is 5.79. The third-order valence-electron chi connectivity index (χ3n) is 1.25. The first-order valence-electron chi connectivity index (χ1n) is 2.88. The molecule has 0 fully saturated rings. The second-order valence-electron chi connectivity index (χ2n) is 1.95. The molecule has 3 heteroatoms. The van der Waals surface area contributed by atoms with Gasteiger partial charge in [-0.3, -0.25) is 14.2 Å². The highest BCUT2D eigenvalue weighted by Gasteiger charge is 1.86. The molecule has 0 bridgehead atoms. The molecule has 52 valence electrons. The van der Waals surface area contributed by atoms with Crippen molar-refractivity contribution in [2.45, 2.75) is 0 Å². The third kappa shape index (κ3) is 1.13. The van der Waals surface area contributed by atoms with Gasteiger partial charge in [-0.15, -0.1) is 0 Å². The fourth-order valence-corrected chi connectivity index (χ4v) is 0.608. The predicted molar refractivity (Wildman–Crippen MR) is 38.0 cm³/mol. The quantitative estimate of drug-likeness (QED) is 0.494. The topological polar surface area (TPSA) is 39.1 Å². The molecule has 0 saturated carbocycles. The van der Waals surface area contributed by atoms with Gasteiger partial charge in [-0.2, -0.15) is 0 Å². The fraction of sp³-hybridized carbons (Fsp3) is 0.143. The molecule has 3 nitrogen and oxygen atoms in total. The van der Waals surface area contributed by atoms with E-state index in [4.69, 9.17) is 0 Å². The molecule has 0 unspecified atom stereocenters. The Morgan fingerprint density at radius 1 is 1.10 bits per heavy atom. The second-order valence-corrected chi connectivity index (χ2v) is 1.95. The van der Waals surface area contributed by atoms with Crippen LogP contribution < -0.4 is 11.1 Å². The van der Waals surface area contributed by atoms with Gasteiger partial charge < -0.3 is 0 Å². The summed E-state index contributed by atoms with van der Waals surface area (Å²) >= 11 is 0. The minimum Gasteiger partial charge on any atom is -0.279 e. The maximum Gasteiger partial charge on any atom is 0.253 e. The van der Waals surface area contributed by atoms with Crippen LogP contribution in [0.5, 0.6) is 0 Å². The molecule has 0 amide bonds. The maximum atomic E-state index is 10.8. The van der Waals surface area contributed by atoms with E-state index in [0.29, 0.717) is 0 Å². The van der Waals surface area contributed by atoms with Crippen molar-refractivity contribution >= 4 is 0 Å².